The number of imidazole rings is 1. The van der Waals surface area contributed by atoms with E-state index < -0.39 is 0 Å². The first-order chi connectivity index (χ1) is 12.8. The summed E-state index contributed by atoms with van der Waals surface area (Å²) in [5, 5.41) is 9.25. The Balaban J connectivity index is 1.93. The Hall–Kier alpha value is -3.84. The van der Waals surface area contributed by atoms with E-state index in [4.69, 9.17) is 5.73 Å². The fourth-order valence-corrected chi connectivity index (χ4v) is 3.13. The van der Waals surface area contributed by atoms with Crippen molar-refractivity contribution in [2.24, 2.45) is 0 Å². The van der Waals surface area contributed by atoms with Gasteiger partial charge in [-0.25, -0.2) is 4.98 Å². The number of nitrogens with zero attached hydrogens (tertiary/aromatic N) is 3. The zero-order chi connectivity index (χ0) is 17.9. The third-order valence-corrected chi connectivity index (χ3v) is 4.30. The van der Waals surface area contributed by atoms with Crippen molar-refractivity contribution >= 4 is 22.6 Å². The van der Waals surface area contributed by atoms with Crippen molar-refractivity contribution in [1.82, 2.24) is 9.55 Å². The van der Waals surface area contributed by atoms with Gasteiger partial charge in [0.2, 0.25) is 5.95 Å². The summed E-state index contributed by atoms with van der Waals surface area (Å²) in [6, 6.07) is 27.9. The molecule has 0 saturated carbocycles. The number of hydrogen-bond acceptors (Lipinski definition) is 3. The number of hydrogen-bond donors (Lipinski definition) is 1. The SMILES string of the molecule is N#C/C=C(/c1ccccc1)c1ccc2nc(N)n(-c3ccccc3)c2c1. The highest BCUT2D eigenvalue weighted by atomic mass is 15.2. The number of nitrogens with two attached hydrogens (primary N) is 1. The second-order valence-electron chi connectivity index (χ2n) is 5.90. The lowest BCUT2D eigenvalue weighted by Gasteiger charge is -2.09. The van der Waals surface area contributed by atoms with Crippen LogP contribution in [0, 0.1) is 11.3 Å². The lowest BCUT2D eigenvalue weighted by Crippen LogP contribution is -2.00. The number of nitrogen functional groups attached to an aromatic ring is 1. The van der Waals surface area contributed by atoms with Gasteiger partial charge in [-0.1, -0.05) is 54.6 Å². The summed E-state index contributed by atoms with van der Waals surface area (Å²) in [5.41, 5.74) is 11.7. The summed E-state index contributed by atoms with van der Waals surface area (Å²) in [6.45, 7) is 0. The predicted octanol–water partition coefficient (Wildman–Crippen LogP) is 4.56. The van der Waals surface area contributed by atoms with Gasteiger partial charge in [0, 0.05) is 11.8 Å². The Morgan fingerprint density at radius 3 is 2.31 bits per heavy atom. The first-order valence-electron chi connectivity index (χ1n) is 8.27. The molecule has 0 aliphatic rings. The number of nitriles is 1. The third kappa shape index (κ3) is 2.72. The Bertz CT molecular complexity index is 1130. The van der Waals surface area contributed by atoms with E-state index in [0.717, 1.165) is 33.4 Å². The third-order valence-electron chi connectivity index (χ3n) is 4.30. The van der Waals surface area contributed by atoms with Gasteiger partial charge in [0.1, 0.15) is 0 Å². The molecule has 0 unspecified atom stereocenters. The van der Waals surface area contributed by atoms with E-state index in [0.29, 0.717) is 5.95 Å². The van der Waals surface area contributed by atoms with Crippen LogP contribution >= 0.6 is 0 Å². The van der Waals surface area contributed by atoms with Crippen molar-refractivity contribution in [3.8, 4) is 11.8 Å². The summed E-state index contributed by atoms with van der Waals surface area (Å²) < 4.78 is 1.92. The zero-order valence-corrected chi connectivity index (χ0v) is 14.0. The molecule has 0 fully saturated rings. The smallest absolute Gasteiger partial charge is 0.205 e. The summed E-state index contributed by atoms with van der Waals surface area (Å²) in [5.74, 6) is 0.439. The highest BCUT2D eigenvalue weighted by Gasteiger charge is 2.12. The summed E-state index contributed by atoms with van der Waals surface area (Å²) >= 11 is 0. The van der Waals surface area contributed by atoms with E-state index in [2.05, 4.69) is 11.1 Å². The van der Waals surface area contributed by atoms with E-state index in [1.54, 1.807) is 6.08 Å². The fourth-order valence-electron chi connectivity index (χ4n) is 3.13. The van der Waals surface area contributed by atoms with Crippen LogP contribution in [0.5, 0.6) is 0 Å². The second-order valence-corrected chi connectivity index (χ2v) is 5.90. The van der Waals surface area contributed by atoms with Gasteiger partial charge in [0.25, 0.3) is 0 Å². The average molecular weight is 336 g/mol. The Labute approximate surface area is 151 Å². The maximum absolute atomic E-state index is 9.25. The topological polar surface area (TPSA) is 67.6 Å². The molecule has 124 valence electrons. The van der Waals surface area contributed by atoms with E-state index in [9.17, 15) is 5.26 Å². The minimum atomic E-state index is 0.439. The molecular formula is C22H16N4. The van der Waals surface area contributed by atoms with Crippen LogP contribution in [0.2, 0.25) is 0 Å². The lowest BCUT2D eigenvalue weighted by atomic mass is 9.97. The monoisotopic (exact) mass is 336 g/mol. The van der Waals surface area contributed by atoms with Crippen molar-refractivity contribution < 1.29 is 0 Å². The number of anilines is 1. The van der Waals surface area contributed by atoms with Crippen molar-refractivity contribution in [1.29, 1.82) is 5.26 Å². The molecule has 0 spiro atoms. The molecule has 4 aromatic rings. The van der Waals surface area contributed by atoms with Crippen LogP contribution < -0.4 is 5.73 Å². The number of aromatic nitrogens is 2. The lowest BCUT2D eigenvalue weighted by molar-refractivity contribution is 1.11. The molecule has 1 heterocycles. The maximum atomic E-state index is 9.25. The summed E-state index contributed by atoms with van der Waals surface area (Å²) in [4.78, 5) is 4.46. The molecule has 0 aliphatic heterocycles. The van der Waals surface area contributed by atoms with Gasteiger partial charge in [0.05, 0.1) is 17.1 Å². The predicted molar refractivity (Wildman–Crippen MR) is 105 cm³/mol. The summed E-state index contributed by atoms with van der Waals surface area (Å²) in [7, 11) is 0. The number of benzene rings is 3. The number of rotatable bonds is 3. The molecule has 0 bridgehead atoms. The van der Waals surface area contributed by atoms with Crippen molar-refractivity contribution in [2.75, 3.05) is 5.73 Å². The maximum Gasteiger partial charge on any atom is 0.205 e. The molecule has 0 atom stereocenters. The van der Waals surface area contributed by atoms with Crippen LogP contribution in [-0.2, 0) is 0 Å². The quantitative estimate of drug-likeness (QED) is 0.558. The Morgan fingerprint density at radius 2 is 1.62 bits per heavy atom. The van der Waals surface area contributed by atoms with Gasteiger partial charge in [0.15, 0.2) is 0 Å². The highest BCUT2D eigenvalue weighted by molar-refractivity contribution is 5.89. The molecule has 0 aliphatic carbocycles. The van der Waals surface area contributed by atoms with E-state index in [-0.39, 0.29) is 0 Å². The minimum Gasteiger partial charge on any atom is -0.369 e. The molecular weight excluding hydrogens is 320 g/mol. The first kappa shape index (κ1) is 15.7. The normalized spacial score (nSPS) is 11.4. The summed E-state index contributed by atoms with van der Waals surface area (Å²) in [6.07, 6.45) is 1.57. The van der Waals surface area contributed by atoms with Crippen molar-refractivity contribution in [2.45, 2.75) is 0 Å². The molecule has 3 aromatic carbocycles. The highest BCUT2D eigenvalue weighted by Crippen LogP contribution is 2.29. The van der Waals surface area contributed by atoms with Crippen LogP contribution in [0.1, 0.15) is 11.1 Å². The number of para-hydroxylation sites is 1. The Morgan fingerprint density at radius 1 is 0.923 bits per heavy atom. The molecule has 0 saturated heterocycles. The van der Waals surface area contributed by atoms with Gasteiger partial charge in [-0.05, 0) is 41.0 Å². The number of fused-ring (bicyclic) bond motifs is 1. The molecule has 0 amide bonds. The van der Waals surface area contributed by atoms with Crippen LogP contribution in [0.4, 0.5) is 5.95 Å². The van der Waals surface area contributed by atoms with Crippen molar-refractivity contribution in [3.05, 3.63) is 96.1 Å². The van der Waals surface area contributed by atoms with Gasteiger partial charge in [-0.15, -0.1) is 0 Å². The van der Waals surface area contributed by atoms with Crippen LogP contribution in [0.15, 0.2) is 84.9 Å². The van der Waals surface area contributed by atoms with E-state index in [1.165, 1.54) is 0 Å². The van der Waals surface area contributed by atoms with Crippen molar-refractivity contribution in [3.63, 3.8) is 0 Å². The largest absolute Gasteiger partial charge is 0.369 e. The zero-order valence-electron chi connectivity index (χ0n) is 14.0. The average Bonchev–Trinajstić information content (AvgIpc) is 3.02. The Kier molecular flexibility index (Phi) is 3.97. The van der Waals surface area contributed by atoms with E-state index >= 15 is 0 Å². The number of allylic oxidation sites excluding steroid dienone is 1. The van der Waals surface area contributed by atoms with E-state index in [1.807, 2.05) is 83.4 Å². The first-order valence-corrected chi connectivity index (χ1v) is 8.27. The second kappa shape index (κ2) is 6.58. The van der Waals surface area contributed by atoms with Gasteiger partial charge < -0.3 is 5.73 Å². The molecule has 26 heavy (non-hydrogen) atoms. The molecule has 0 radical (unpaired) electrons. The van der Waals surface area contributed by atoms with Crippen LogP contribution in [0.3, 0.4) is 0 Å². The standard InChI is InChI=1S/C22H16N4/c23-14-13-19(16-7-3-1-4-8-16)17-11-12-20-21(15-17)26(22(24)25-20)18-9-5-2-6-10-18/h1-13,15H,(H2,24,25)/b19-13-. The molecule has 1 aromatic heterocycles. The van der Waals surface area contributed by atoms with Gasteiger partial charge in [-0.3, -0.25) is 4.57 Å². The molecule has 4 heteroatoms. The van der Waals surface area contributed by atoms with Crippen LogP contribution in [0.25, 0.3) is 22.3 Å². The molecule has 2 N–H and O–H groups in total. The van der Waals surface area contributed by atoms with Gasteiger partial charge >= 0.3 is 0 Å². The van der Waals surface area contributed by atoms with Crippen LogP contribution in [-0.4, -0.2) is 9.55 Å². The molecule has 4 rings (SSSR count). The van der Waals surface area contributed by atoms with Gasteiger partial charge in [-0.2, -0.15) is 5.26 Å². The minimum absolute atomic E-state index is 0.439. The fraction of sp³-hybridized carbons (Fsp3) is 0. The molecule has 4 nitrogen and oxygen atoms in total.